The maximum atomic E-state index is 11.7. The monoisotopic (exact) mass is 218 g/mol. The van der Waals surface area contributed by atoms with Crippen molar-refractivity contribution in [1.29, 1.82) is 0 Å². The molecular formula is C13H14O3. The number of ether oxygens (including phenoxy) is 2. The molecule has 0 aromatic heterocycles. The van der Waals surface area contributed by atoms with E-state index in [0.29, 0.717) is 12.2 Å². The molecule has 1 atom stereocenters. The van der Waals surface area contributed by atoms with Gasteiger partial charge < -0.3 is 9.47 Å². The Morgan fingerprint density at radius 1 is 1.56 bits per heavy atom. The second kappa shape index (κ2) is 4.94. The minimum atomic E-state index is -0.375. The van der Waals surface area contributed by atoms with Crippen LogP contribution in [-0.4, -0.2) is 18.9 Å². The van der Waals surface area contributed by atoms with Crippen LogP contribution in [0.3, 0.4) is 0 Å². The molecule has 1 aromatic rings. The minimum Gasteiger partial charge on any atom is -0.432 e. The van der Waals surface area contributed by atoms with E-state index in [-0.39, 0.29) is 12.3 Å². The summed E-state index contributed by atoms with van der Waals surface area (Å²) in [6.45, 7) is 4.33. The van der Waals surface area contributed by atoms with Crippen LogP contribution >= 0.6 is 0 Å². The number of carbonyl (C=O) groups excluding carboxylic acids is 1. The zero-order valence-corrected chi connectivity index (χ0v) is 9.02. The van der Waals surface area contributed by atoms with Crippen LogP contribution in [-0.2, 0) is 9.47 Å². The second-order valence-electron chi connectivity index (χ2n) is 3.68. The van der Waals surface area contributed by atoms with Crippen LogP contribution in [0.25, 0.3) is 6.08 Å². The third-order valence-corrected chi connectivity index (χ3v) is 2.48. The highest BCUT2D eigenvalue weighted by atomic mass is 16.7. The van der Waals surface area contributed by atoms with Gasteiger partial charge >= 0.3 is 5.97 Å². The summed E-state index contributed by atoms with van der Waals surface area (Å²) in [5, 5.41) is 0. The lowest BCUT2D eigenvalue weighted by Gasteiger charge is -2.11. The van der Waals surface area contributed by atoms with Gasteiger partial charge in [0.05, 0.1) is 12.2 Å². The molecule has 0 radical (unpaired) electrons. The largest absolute Gasteiger partial charge is 0.432 e. The molecule has 0 aliphatic carbocycles. The van der Waals surface area contributed by atoms with E-state index in [0.717, 1.165) is 18.4 Å². The summed E-state index contributed by atoms with van der Waals surface area (Å²) < 4.78 is 10.4. The van der Waals surface area contributed by atoms with Crippen LogP contribution in [0.1, 0.15) is 28.8 Å². The molecule has 16 heavy (non-hydrogen) atoms. The second-order valence-corrected chi connectivity index (χ2v) is 3.68. The van der Waals surface area contributed by atoms with Crippen molar-refractivity contribution >= 4 is 12.0 Å². The van der Waals surface area contributed by atoms with Crippen LogP contribution < -0.4 is 0 Å². The molecule has 0 spiro atoms. The molecule has 1 heterocycles. The van der Waals surface area contributed by atoms with Crippen molar-refractivity contribution in [3.63, 3.8) is 0 Å². The maximum absolute atomic E-state index is 11.7. The Bertz CT molecular complexity index is 392. The maximum Gasteiger partial charge on any atom is 0.340 e. The van der Waals surface area contributed by atoms with Crippen molar-refractivity contribution in [3.8, 4) is 0 Å². The third-order valence-electron chi connectivity index (χ3n) is 2.48. The van der Waals surface area contributed by atoms with E-state index < -0.39 is 0 Å². The summed E-state index contributed by atoms with van der Waals surface area (Å²) in [7, 11) is 0. The number of rotatable bonds is 3. The molecule has 0 bridgehead atoms. The van der Waals surface area contributed by atoms with Crippen LogP contribution in [0, 0.1) is 0 Å². The molecule has 1 fully saturated rings. The normalized spacial score (nSPS) is 19.4. The summed E-state index contributed by atoms with van der Waals surface area (Å²) in [6, 6.07) is 7.17. The number of hydrogen-bond acceptors (Lipinski definition) is 3. The average molecular weight is 218 g/mol. The lowest BCUT2D eigenvalue weighted by molar-refractivity contribution is -0.0775. The van der Waals surface area contributed by atoms with Crippen molar-refractivity contribution in [3.05, 3.63) is 42.0 Å². The SMILES string of the molecule is C=Cc1cccc(C(=O)OC2CCCO2)c1. The average Bonchev–Trinajstić information content (AvgIpc) is 2.82. The number of esters is 1. The van der Waals surface area contributed by atoms with Gasteiger partial charge in [0, 0.05) is 6.42 Å². The van der Waals surface area contributed by atoms with Gasteiger partial charge in [0.1, 0.15) is 0 Å². The van der Waals surface area contributed by atoms with Gasteiger partial charge in [-0.3, -0.25) is 0 Å². The Morgan fingerprint density at radius 3 is 3.12 bits per heavy atom. The molecule has 84 valence electrons. The lowest BCUT2D eigenvalue weighted by Crippen LogP contribution is -2.16. The summed E-state index contributed by atoms with van der Waals surface area (Å²) >= 11 is 0. The molecule has 2 rings (SSSR count). The Kier molecular flexibility index (Phi) is 3.37. The fourth-order valence-electron chi connectivity index (χ4n) is 1.62. The smallest absolute Gasteiger partial charge is 0.340 e. The van der Waals surface area contributed by atoms with Gasteiger partial charge in [-0.15, -0.1) is 0 Å². The van der Waals surface area contributed by atoms with Gasteiger partial charge in [0.2, 0.25) is 6.29 Å². The molecule has 0 N–H and O–H groups in total. The molecule has 1 aromatic carbocycles. The first-order chi connectivity index (χ1) is 7.79. The van der Waals surface area contributed by atoms with Crippen LogP contribution in [0.5, 0.6) is 0 Å². The highest BCUT2D eigenvalue weighted by Crippen LogP contribution is 2.16. The summed E-state index contributed by atoms with van der Waals surface area (Å²) in [4.78, 5) is 11.7. The van der Waals surface area contributed by atoms with Crippen LogP contribution in [0.4, 0.5) is 0 Å². The zero-order valence-electron chi connectivity index (χ0n) is 9.02. The van der Waals surface area contributed by atoms with E-state index in [9.17, 15) is 4.79 Å². The number of hydrogen-bond donors (Lipinski definition) is 0. The van der Waals surface area contributed by atoms with Gasteiger partial charge in [-0.2, -0.15) is 0 Å². The summed E-state index contributed by atoms with van der Waals surface area (Å²) in [5.74, 6) is -0.337. The van der Waals surface area contributed by atoms with E-state index in [1.165, 1.54) is 0 Å². The summed E-state index contributed by atoms with van der Waals surface area (Å²) in [5.41, 5.74) is 1.44. The molecule has 0 amide bonds. The quantitative estimate of drug-likeness (QED) is 0.731. The van der Waals surface area contributed by atoms with Crippen molar-refractivity contribution in [1.82, 2.24) is 0 Å². The van der Waals surface area contributed by atoms with Gasteiger partial charge in [-0.05, 0) is 24.1 Å². The van der Waals surface area contributed by atoms with Crippen molar-refractivity contribution < 1.29 is 14.3 Å². The summed E-state index contributed by atoms with van der Waals surface area (Å²) in [6.07, 6.45) is 3.06. The first kappa shape index (κ1) is 10.9. The number of carbonyl (C=O) groups is 1. The predicted molar refractivity (Wildman–Crippen MR) is 60.9 cm³/mol. The number of benzene rings is 1. The predicted octanol–water partition coefficient (Wildman–Crippen LogP) is 2.62. The topological polar surface area (TPSA) is 35.5 Å². The van der Waals surface area contributed by atoms with Crippen LogP contribution in [0.2, 0.25) is 0 Å². The molecule has 3 nitrogen and oxygen atoms in total. The zero-order chi connectivity index (χ0) is 11.4. The van der Waals surface area contributed by atoms with E-state index >= 15 is 0 Å². The fourth-order valence-corrected chi connectivity index (χ4v) is 1.62. The molecule has 1 unspecified atom stereocenters. The van der Waals surface area contributed by atoms with E-state index in [4.69, 9.17) is 9.47 Å². The highest BCUT2D eigenvalue weighted by molar-refractivity contribution is 5.90. The lowest BCUT2D eigenvalue weighted by atomic mass is 10.1. The van der Waals surface area contributed by atoms with Crippen molar-refractivity contribution in [2.75, 3.05) is 6.61 Å². The Morgan fingerprint density at radius 2 is 2.44 bits per heavy atom. The van der Waals surface area contributed by atoms with Crippen LogP contribution in [0.15, 0.2) is 30.8 Å². The molecule has 1 aliphatic rings. The first-order valence-electron chi connectivity index (χ1n) is 5.34. The van der Waals surface area contributed by atoms with Gasteiger partial charge in [0.25, 0.3) is 0 Å². The molecule has 1 saturated heterocycles. The van der Waals surface area contributed by atoms with Crippen molar-refractivity contribution in [2.24, 2.45) is 0 Å². The molecular weight excluding hydrogens is 204 g/mol. The van der Waals surface area contributed by atoms with E-state index in [2.05, 4.69) is 6.58 Å². The van der Waals surface area contributed by atoms with Gasteiger partial charge in [-0.25, -0.2) is 4.79 Å². The Hall–Kier alpha value is -1.61. The van der Waals surface area contributed by atoms with Gasteiger partial charge in [-0.1, -0.05) is 24.8 Å². The van der Waals surface area contributed by atoms with E-state index in [1.54, 1.807) is 18.2 Å². The Balaban J connectivity index is 2.04. The van der Waals surface area contributed by atoms with Gasteiger partial charge in [0.15, 0.2) is 0 Å². The molecule has 1 aliphatic heterocycles. The standard InChI is InChI=1S/C13H14O3/c1-2-10-5-3-6-11(9-10)13(14)16-12-7-4-8-15-12/h2-3,5-6,9,12H,1,4,7-8H2. The Labute approximate surface area is 94.7 Å². The fraction of sp³-hybridized carbons (Fsp3) is 0.308. The van der Waals surface area contributed by atoms with Crippen molar-refractivity contribution in [2.45, 2.75) is 19.1 Å². The molecule has 3 heteroatoms. The van der Waals surface area contributed by atoms with E-state index in [1.807, 2.05) is 12.1 Å². The molecule has 0 saturated carbocycles. The first-order valence-corrected chi connectivity index (χ1v) is 5.34. The third kappa shape index (κ3) is 2.49. The minimum absolute atomic E-state index is 0.337. The highest BCUT2D eigenvalue weighted by Gasteiger charge is 2.20.